The van der Waals surface area contributed by atoms with Crippen LogP contribution in [0.1, 0.15) is 41.2 Å². The maximum atomic E-state index is 10.1. The summed E-state index contributed by atoms with van der Waals surface area (Å²) in [6, 6.07) is 6.40. The highest BCUT2D eigenvalue weighted by Crippen LogP contribution is 2.32. The van der Waals surface area contributed by atoms with Crippen LogP contribution in [0.2, 0.25) is 0 Å². The number of aliphatic hydroxyl groups is 1. The van der Waals surface area contributed by atoms with Crippen molar-refractivity contribution in [1.82, 2.24) is 4.57 Å². The molecule has 3 nitrogen and oxygen atoms in total. The lowest BCUT2D eigenvalue weighted by Crippen LogP contribution is -2.19. The van der Waals surface area contributed by atoms with E-state index in [9.17, 15) is 5.11 Å². The van der Waals surface area contributed by atoms with Crippen LogP contribution in [0.15, 0.2) is 30.6 Å². The van der Waals surface area contributed by atoms with Gasteiger partial charge in [0, 0.05) is 24.4 Å². The number of aliphatic hydroxyl groups excluding tert-OH is 1. The molecule has 2 aromatic rings. The van der Waals surface area contributed by atoms with Crippen molar-refractivity contribution >= 4 is 0 Å². The highest BCUT2D eigenvalue weighted by Gasteiger charge is 2.25. The SMILES string of the molecule is Cc1ccc2c(c1)CC(Cn1cc3c(c1)C(O)CCC3)O2. The van der Waals surface area contributed by atoms with Gasteiger partial charge in [-0.05, 0) is 43.4 Å². The van der Waals surface area contributed by atoms with E-state index in [-0.39, 0.29) is 12.2 Å². The second kappa shape index (κ2) is 4.92. The van der Waals surface area contributed by atoms with Crippen molar-refractivity contribution < 1.29 is 9.84 Å². The summed E-state index contributed by atoms with van der Waals surface area (Å²) >= 11 is 0. The average molecular weight is 283 g/mol. The third-order valence-corrected chi connectivity index (χ3v) is 4.65. The Balaban J connectivity index is 1.51. The van der Waals surface area contributed by atoms with Crippen molar-refractivity contribution in [2.24, 2.45) is 0 Å². The van der Waals surface area contributed by atoms with E-state index < -0.39 is 0 Å². The smallest absolute Gasteiger partial charge is 0.123 e. The van der Waals surface area contributed by atoms with Crippen LogP contribution in [0, 0.1) is 6.92 Å². The number of nitrogens with zero attached hydrogens (tertiary/aromatic N) is 1. The van der Waals surface area contributed by atoms with Crippen molar-refractivity contribution in [3.05, 3.63) is 52.8 Å². The van der Waals surface area contributed by atoms with Crippen molar-refractivity contribution in [3.63, 3.8) is 0 Å². The standard InChI is InChI=1S/C18H21NO2/c1-12-5-6-18-14(7-12)8-15(21-18)10-19-9-13-3-2-4-17(20)16(13)11-19/h5-7,9,11,15,17,20H,2-4,8,10H2,1H3. The quantitative estimate of drug-likeness (QED) is 0.918. The van der Waals surface area contributed by atoms with Gasteiger partial charge in [0.2, 0.25) is 0 Å². The Morgan fingerprint density at radius 1 is 1.29 bits per heavy atom. The molecule has 0 spiro atoms. The predicted octanol–water partition coefficient (Wildman–Crippen LogP) is 3.17. The molecule has 2 heterocycles. The zero-order chi connectivity index (χ0) is 14.4. The molecule has 1 aromatic carbocycles. The van der Waals surface area contributed by atoms with Gasteiger partial charge >= 0.3 is 0 Å². The van der Waals surface area contributed by atoms with E-state index in [2.05, 4.69) is 42.1 Å². The maximum absolute atomic E-state index is 10.1. The Hall–Kier alpha value is -1.74. The van der Waals surface area contributed by atoms with Crippen LogP contribution in [0.3, 0.4) is 0 Å². The lowest BCUT2D eigenvalue weighted by molar-refractivity contribution is 0.156. The molecule has 0 bridgehead atoms. The van der Waals surface area contributed by atoms with Gasteiger partial charge in [-0.1, -0.05) is 17.7 Å². The summed E-state index contributed by atoms with van der Waals surface area (Å²) in [6.07, 6.45) is 8.26. The largest absolute Gasteiger partial charge is 0.488 e. The summed E-state index contributed by atoms with van der Waals surface area (Å²) in [4.78, 5) is 0. The summed E-state index contributed by atoms with van der Waals surface area (Å²) in [6.45, 7) is 2.97. The molecular weight excluding hydrogens is 262 g/mol. The van der Waals surface area contributed by atoms with Gasteiger partial charge in [-0.25, -0.2) is 0 Å². The molecule has 110 valence electrons. The van der Waals surface area contributed by atoms with Gasteiger partial charge in [-0.3, -0.25) is 0 Å². The van der Waals surface area contributed by atoms with Gasteiger partial charge in [0.05, 0.1) is 12.6 Å². The van der Waals surface area contributed by atoms with Crippen molar-refractivity contribution in [2.75, 3.05) is 0 Å². The van der Waals surface area contributed by atoms with E-state index in [0.29, 0.717) is 0 Å². The van der Waals surface area contributed by atoms with Crippen LogP contribution in [-0.2, 0) is 19.4 Å². The molecule has 2 unspecified atom stereocenters. The number of ether oxygens (including phenoxy) is 1. The lowest BCUT2D eigenvalue weighted by Gasteiger charge is -2.16. The summed E-state index contributed by atoms with van der Waals surface area (Å²) in [5, 5.41) is 10.1. The van der Waals surface area contributed by atoms with Crippen molar-refractivity contribution in [3.8, 4) is 5.75 Å². The highest BCUT2D eigenvalue weighted by atomic mass is 16.5. The van der Waals surface area contributed by atoms with Crippen LogP contribution in [0.4, 0.5) is 0 Å². The number of rotatable bonds is 2. The first-order valence-electron chi connectivity index (χ1n) is 7.82. The molecule has 21 heavy (non-hydrogen) atoms. The Labute approximate surface area is 125 Å². The molecule has 1 aromatic heterocycles. The zero-order valence-electron chi connectivity index (χ0n) is 12.4. The maximum Gasteiger partial charge on any atom is 0.123 e. The molecule has 1 aliphatic heterocycles. The fourth-order valence-electron chi connectivity index (χ4n) is 3.62. The van der Waals surface area contributed by atoms with Crippen LogP contribution in [0.25, 0.3) is 0 Å². The van der Waals surface area contributed by atoms with Gasteiger partial charge in [-0.2, -0.15) is 0 Å². The highest BCUT2D eigenvalue weighted by molar-refractivity contribution is 5.40. The van der Waals surface area contributed by atoms with E-state index in [1.165, 1.54) is 16.7 Å². The first kappa shape index (κ1) is 13.0. The van der Waals surface area contributed by atoms with E-state index in [1.807, 2.05) is 0 Å². The molecule has 1 N–H and O–H groups in total. The first-order valence-corrected chi connectivity index (χ1v) is 7.82. The van der Waals surface area contributed by atoms with Gasteiger partial charge in [-0.15, -0.1) is 0 Å². The fraction of sp³-hybridized carbons (Fsp3) is 0.444. The number of hydrogen-bond donors (Lipinski definition) is 1. The van der Waals surface area contributed by atoms with E-state index in [1.54, 1.807) is 0 Å². The van der Waals surface area contributed by atoms with Crippen LogP contribution < -0.4 is 4.74 Å². The second-order valence-electron chi connectivity index (χ2n) is 6.40. The minimum Gasteiger partial charge on any atom is -0.488 e. The molecule has 0 saturated carbocycles. The summed E-state index contributed by atoms with van der Waals surface area (Å²) in [7, 11) is 0. The third-order valence-electron chi connectivity index (χ3n) is 4.65. The fourth-order valence-corrected chi connectivity index (χ4v) is 3.62. The van der Waals surface area contributed by atoms with Crippen molar-refractivity contribution in [1.29, 1.82) is 0 Å². The predicted molar refractivity (Wildman–Crippen MR) is 81.6 cm³/mol. The molecule has 3 heteroatoms. The minimum atomic E-state index is -0.278. The Kier molecular flexibility index (Phi) is 3.03. The van der Waals surface area contributed by atoms with Crippen LogP contribution >= 0.6 is 0 Å². The van der Waals surface area contributed by atoms with E-state index >= 15 is 0 Å². The molecule has 0 fully saturated rings. The number of aryl methyl sites for hydroxylation is 2. The lowest BCUT2D eigenvalue weighted by atomic mass is 9.93. The van der Waals surface area contributed by atoms with Crippen LogP contribution in [-0.4, -0.2) is 15.8 Å². The first-order chi connectivity index (χ1) is 10.2. The van der Waals surface area contributed by atoms with Gasteiger partial charge < -0.3 is 14.4 Å². The molecule has 1 aliphatic carbocycles. The molecule has 2 atom stereocenters. The zero-order valence-corrected chi connectivity index (χ0v) is 12.4. The summed E-state index contributed by atoms with van der Waals surface area (Å²) in [5.74, 6) is 1.03. The number of fused-ring (bicyclic) bond motifs is 2. The normalized spacial score (nSPS) is 23.5. The van der Waals surface area contributed by atoms with Gasteiger partial charge in [0.25, 0.3) is 0 Å². The van der Waals surface area contributed by atoms with Crippen LogP contribution in [0.5, 0.6) is 5.75 Å². The molecule has 0 radical (unpaired) electrons. The number of hydrogen-bond acceptors (Lipinski definition) is 2. The van der Waals surface area contributed by atoms with E-state index in [4.69, 9.17) is 4.74 Å². The van der Waals surface area contributed by atoms with Crippen molar-refractivity contribution in [2.45, 2.75) is 51.4 Å². The Bertz CT molecular complexity index is 674. The van der Waals surface area contributed by atoms with Gasteiger partial charge in [0.15, 0.2) is 0 Å². The summed E-state index contributed by atoms with van der Waals surface area (Å²) < 4.78 is 8.24. The molecule has 0 saturated heterocycles. The second-order valence-corrected chi connectivity index (χ2v) is 6.40. The minimum absolute atomic E-state index is 0.202. The molecule has 0 amide bonds. The summed E-state index contributed by atoms with van der Waals surface area (Å²) in [5.41, 5.74) is 5.03. The average Bonchev–Trinajstić information content (AvgIpc) is 3.02. The monoisotopic (exact) mass is 283 g/mol. The molecule has 4 rings (SSSR count). The topological polar surface area (TPSA) is 34.4 Å². The van der Waals surface area contributed by atoms with Gasteiger partial charge in [0.1, 0.15) is 11.9 Å². The molecular formula is C18H21NO2. The number of benzene rings is 1. The Morgan fingerprint density at radius 3 is 3.05 bits per heavy atom. The van der Waals surface area contributed by atoms with E-state index in [0.717, 1.165) is 43.5 Å². The number of aromatic nitrogens is 1. The molecule has 2 aliphatic rings. The Morgan fingerprint density at radius 2 is 2.19 bits per heavy atom. The third kappa shape index (κ3) is 2.36.